The fraction of sp³-hybridized carbons (Fsp3) is 0.556. The Labute approximate surface area is 117 Å². The summed E-state index contributed by atoms with van der Waals surface area (Å²) in [6.45, 7) is 1.36. The number of thioether (sulfide) groups is 2. The van der Waals surface area contributed by atoms with E-state index in [0.717, 1.165) is 8.68 Å². The van der Waals surface area contributed by atoms with Gasteiger partial charge in [-0.25, -0.2) is 4.79 Å². The Hall–Kier alpha value is -0.800. The highest BCUT2D eigenvalue weighted by molar-refractivity contribution is 8.03. The second-order valence-corrected chi connectivity index (χ2v) is 6.42. The van der Waals surface area contributed by atoms with E-state index in [-0.39, 0.29) is 5.91 Å². The monoisotopic (exact) mass is 307 g/mol. The molecule has 100 valence electrons. The summed E-state index contributed by atoms with van der Waals surface area (Å²) >= 11 is 4.33. The van der Waals surface area contributed by atoms with Crippen molar-refractivity contribution in [1.29, 1.82) is 0 Å². The SMILES string of the molecule is COC(=O)C(CSc1nnc(SC)s1)NC(C)=O. The maximum atomic E-state index is 11.4. The molecule has 0 radical (unpaired) electrons. The number of ether oxygens (including phenoxy) is 1. The van der Waals surface area contributed by atoms with Gasteiger partial charge >= 0.3 is 5.97 Å². The van der Waals surface area contributed by atoms with Crippen molar-refractivity contribution in [2.75, 3.05) is 19.1 Å². The number of carbonyl (C=O) groups is 2. The third kappa shape index (κ3) is 4.83. The Kier molecular flexibility index (Phi) is 6.44. The molecule has 1 unspecified atom stereocenters. The van der Waals surface area contributed by atoms with Gasteiger partial charge in [0.2, 0.25) is 5.91 Å². The maximum absolute atomic E-state index is 11.4. The largest absolute Gasteiger partial charge is 0.467 e. The van der Waals surface area contributed by atoms with Gasteiger partial charge in [0.05, 0.1) is 7.11 Å². The van der Waals surface area contributed by atoms with Crippen LogP contribution in [0, 0.1) is 0 Å². The Balaban J connectivity index is 2.55. The molecular weight excluding hydrogens is 294 g/mol. The molecule has 6 nitrogen and oxygen atoms in total. The first-order valence-corrected chi connectivity index (χ1v) is 7.94. The number of carbonyl (C=O) groups excluding carboxylic acids is 2. The Morgan fingerprint density at radius 3 is 2.61 bits per heavy atom. The molecule has 18 heavy (non-hydrogen) atoms. The molecule has 1 heterocycles. The van der Waals surface area contributed by atoms with Crippen LogP contribution in [0.3, 0.4) is 0 Å². The lowest BCUT2D eigenvalue weighted by Gasteiger charge is -2.13. The van der Waals surface area contributed by atoms with Crippen LogP contribution in [0.2, 0.25) is 0 Å². The van der Waals surface area contributed by atoms with Gasteiger partial charge in [-0.1, -0.05) is 34.9 Å². The Morgan fingerprint density at radius 1 is 1.44 bits per heavy atom. The Bertz CT molecular complexity index is 424. The number of nitrogens with one attached hydrogen (secondary N) is 1. The summed E-state index contributed by atoms with van der Waals surface area (Å²) in [4.78, 5) is 22.4. The zero-order chi connectivity index (χ0) is 13.5. The average molecular weight is 307 g/mol. The zero-order valence-electron chi connectivity index (χ0n) is 10.1. The summed E-state index contributed by atoms with van der Waals surface area (Å²) in [6.07, 6.45) is 1.92. The number of methoxy groups -OCH3 is 1. The fourth-order valence-electron chi connectivity index (χ4n) is 1.05. The van der Waals surface area contributed by atoms with E-state index in [2.05, 4.69) is 20.3 Å². The molecule has 1 amide bonds. The first-order chi connectivity index (χ1) is 8.56. The first kappa shape index (κ1) is 15.3. The molecule has 0 saturated heterocycles. The van der Waals surface area contributed by atoms with Crippen LogP contribution in [0.15, 0.2) is 8.68 Å². The molecule has 0 aliphatic carbocycles. The number of hydrogen-bond donors (Lipinski definition) is 1. The minimum atomic E-state index is -0.667. The number of rotatable bonds is 6. The molecule has 9 heteroatoms. The summed E-state index contributed by atoms with van der Waals surface area (Å²) in [7, 11) is 1.29. The lowest BCUT2D eigenvalue weighted by Crippen LogP contribution is -2.42. The van der Waals surface area contributed by atoms with Crippen molar-refractivity contribution in [3.63, 3.8) is 0 Å². The highest BCUT2D eigenvalue weighted by Gasteiger charge is 2.21. The third-order valence-corrected chi connectivity index (χ3v) is 4.92. The van der Waals surface area contributed by atoms with Crippen LogP contribution in [0.25, 0.3) is 0 Å². The van der Waals surface area contributed by atoms with Crippen molar-refractivity contribution in [3.05, 3.63) is 0 Å². The second kappa shape index (κ2) is 7.59. The molecule has 1 atom stereocenters. The highest BCUT2D eigenvalue weighted by atomic mass is 32.2. The number of nitrogens with zero attached hydrogens (tertiary/aromatic N) is 2. The van der Waals surface area contributed by atoms with Gasteiger partial charge in [0.25, 0.3) is 0 Å². The minimum absolute atomic E-state index is 0.270. The van der Waals surface area contributed by atoms with Crippen molar-refractivity contribution < 1.29 is 14.3 Å². The molecule has 0 spiro atoms. The molecule has 1 rings (SSSR count). The lowest BCUT2D eigenvalue weighted by molar-refractivity contribution is -0.144. The van der Waals surface area contributed by atoms with Gasteiger partial charge < -0.3 is 10.1 Å². The summed E-state index contributed by atoms with van der Waals surface area (Å²) in [6, 6.07) is -0.667. The van der Waals surface area contributed by atoms with Gasteiger partial charge in [0, 0.05) is 12.7 Å². The van der Waals surface area contributed by atoms with Gasteiger partial charge in [0.1, 0.15) is 6.04 Å². The van der Waals surface area contributed by atoms with Gasteiger partial charge in [-0.3, -0.25) is 4.79 Å². The van der Waals surface area contributed by atoms with Crippen LogP contribution in [0.5, 0.6) is 0 Å². The zero-order valence-corrected chi connectivity index (χ0v) is 12.6. The van der Waals surface area contributed by atoms with E-state index in [1.54, 1.807) is 0 Å². The molecule has 1 aromatic rings. The van der Waals surface area contributed by atoms with Crippen LogP contribution in [0.4, 0.5) is 0 Å². The van der Waals surface area contributed by atoms with Gasteiger partial charge in [-0.2, -0.15) is 0 Å². The second-order valence-electron chi connectivity index (χ2n) is 3.13. The number of aromatic nitrogens is 2. The molecule has 0 saturated carbocycles. The minimum Gasteiger partial charge on any atom is -0.467 e. The summed E-state index contributed by atoms with van der Waals surface area (Å²) in [5.74, 6) is -0.365. The molecule has 0 bridgehead atoms. The van der Waals surface area contributed by atoms with Gasteiger partial charge in [-0.05, 0) is 6.26 Å². The molecule has 0 fully saturated rings. The van der Waals surface area contributed by atoms with E-state index >= 15 is 0 Å². The summed E-state index contributed by atoms with van der Waals surface area (Å²) < 4.78 is 6.25. The molecule has 0 aliphatic heterocycles. The van der Waals surface area contributed by atoms with E-state index in [1.807, 2.05) is 6.26 Å². The lowest BCUT2D eigenvalue weighted by atomic mass is 10.3. The van der Waals surface area contributed by atoms with E-state index < -0.39 is 12.0 Å². The summed E-state index contributed by atoms with van der Waals surface area (Å²) in [5.41, 5.74) is 0. The predicted molar refractivity (Wildman–Crippen MR) is 72.0 cm³/mol. The van der Waals surface area contributed by atoms with Crippen LogP contribution in [0.1, 0.15) is 6.92 Å². The number of hydrogen-bond acceptors (Lipinski definition) is 8. The quantitative estimate of drug-likeness (QED) is 0.621. The fourth-order valence-corrected chi connectivity index (χ4v) is 3.52. The van der Waals surface area contributed by atoms with Crippen molar-refractivity contribution in [1.82, 2.24) is 15.5 Å². The van der Waals surface area contributed by atoms with Crippen molar-refractivity contribution >= 4 is 46.7 Å². The van der Waals surface area contributed by atoms with Gasteiger partial charge in [0.15, 0.2) is 8.68 Å². The predicted octanol–water partition coefficient (Wildman–Crippen LogP) is 1.03. The van der Waals surface area contributed by atoms with Crippen molar-refractivity contribution in [3.8, 4) is 0 Å². The van der Waals surface area contributed by atoms with Crippen molar-refractivity contribution in [2.24, 2.45) is 0 Å². The van der Waals surface area contributed by atoms with Gasteiger partial charge in [-0.15, -0.1) is 10.2 Å². The Morgan fingerprint density at radius 2 is 2.11 bits per heavy atom. The summed E-state index contributed by atoms with van der Waals surface area (Å²) in [5, 5.41) is 10.5. The van der Waals surface area contributed by atoms with Crippen LogP contribution in [-0.4, -0.2) is 47.2 Å². The molecular formula is C9H13N3O3S3. The normalized spacial score (nSPS) is 11.9. The standard InChI is InChI=1S/C9H13N3O3S3/c1-5(13)10-6(7(14)15-2)4-17-9-12-11-8(16-3)18-9/h6H,4H2,1-3H3,(H,10,13). The van der Waals surface area contributed by atoms with E-state index in [4.69, 9.17) is 0 Å². The number of esters is 1. The molecule has 1 N–H and O–H groups in total. The molecule has 1 aromatic heterocycles. The van der Waals surface area contributed by atoms with Crippen LogP contribution in [-0.2, 0) is 14.3 Å². The van der Waals surface area contributed by atoms with Crippen molar-refractivity contribution in [2.45, 2.75) is 21.6 Å². The van der Waals surface area contributed by atoms with E-state index in [0.29, 0.717) is 5.75 Å². The molecule has 0 aromatic carbocycles. The van der Waals surface area contributed by atoms with E-state index in [1.165, 1.54) is 48.9 Å². The third-order valence-electron chi connectivity index (χ3n) is 1.80. The topological polar surface area (TPSA) is 81.2 Å². The highest BCUT2D eigenvalue weighted by Crippen LogP contribution is 2.27. The van der Waals surface area contributed by atoms with Crippen LogP contribution < -0.4 is 5.32 Å². The average Bonchev–Trinajstić information content (AvgIpc) is 2.81. The smallest absolute Gasteiger partial charge is 0.329 e. The van der Waals surface area contributed by atoms with E-state index in [9.17, 15) is 9.59 Å². The number of amides is 1. The first-order valence-electron chi connectivity index (χ1n) is 4.92. The van der Waals surface area contributed by atoms with Crippen LogP contribution >= 0.6 is 34.9 Å². The molecule has 0 aliphatic rings. The maximum Gasteiger partial charge on any atom is 0.329 e.